The average Bonchev–Trinajstić information content (AvgIpc) is 3.16. The molecule has 0 saturated heterocycles. The van der Waals surface area contributed by atoms with Crippen molar-refractivity contribution in [1.29, 1.82) is 0 Å². The first kappa shape index (κ1) is 20.9. The lowest BCUT2D eigenvalue weighted by atomic mass is 10.2. The van der Waals surface area contributed by atoms with Crippen LogP contribution in [0.3, 0.4) is 0 Å². The highest BCUT2D eigenvalue weighted by Gasteiger charge is 2.29. The third kappa shape index (κ3) is 5.02. The zero-order valence-corrected chi connectivity index (χ0v) is 17.4. The van der Waals surface area contributed by atoms with Crippen molar-refractivity contribution < 1.29 is 23.1 Å². The number of para-hydroxylation sites is 2. The number of nitrogens with zero attached hydrogens (tertiary/aromatic N) is 3. The molecule has 2 heterocycles. The molecule has 160 valence electrons. The van der Waals surface area contributed by atoms with Crippen LogP contribution in [0.25, 0.3) is 0 Å². The lowest BCUT2D eigenvalue weighted by molar-refractivity contribution is -0.117. The maximum atomic E-state index is 13.0. The summed E-state index contributed by atoms with van der Waals surface area (Å²) < 4.78 is 23.9. The number of fused-ring (bicyclic) bond motifs is 1. The molecule has 1 aromatic heterocycles. The molecule has 0 saturated carbocycles. The molecule has 0 fully saturated rings. The van der Waals surface area contributed by atoms with Crippen molar-refractivity contribution in [3.63, 3.8) is 0 Å². The second-order valence-electron chi connectivity index (χ2n) is 6.88. The van der Waals surface area contributed by atoms with Crippen LogP contribution in [0.1, 0.15) is 19.2 Å². The van der Waals surface area contributed by atoms with Gasteiger partial charge in [-0.3, -0.25) is 9.59 Å². The molecule has 1 aliphatic rings. The number of nitrogens with one attached hydrogen (secondary N) is 1. The first-order chi connectivity index (χ1) is 15.0. The van der Waals surface area contributed by atoms with Gasteiger partial charge >= 0.3 is 0 Å². The minimum absolute atomic E-state index is 0.0253. The van der Waals surface area contributed by atoms with E-state index in [1.54, 1.807) is 23.1 Å². The zero-order valence-electron chi connectivity index (χ0n) is 16.6. The van der Waals surface area contributed by atoms with Gasteiger partial charge in [-0.25, -0.2) is 4.39 Å². The fourth-order valence-corrected chi connectivity index (χ4v) is 3.83. The molecule has 10 heteroatoms. The Morgan fingerprint density at radius 2 is 2.03 bits per heavy atom. The van der Waals surface area contributed by atoms with Crippen LogP contribution in [0.5, 0.6) is 5.75 Å². The van der Waals surface area contributed by atoms with Gasteiger partial charge in [0.1, 0.15) is 11.6 Å². The molecule has 0 bridgehead atoms. The van der Waals surface area contributed by atoms with E-state index in [1.165, 1.54) is 24.3 Å². The Morgan fingerprint density at radius 3 is 2.84 bits per heavy atom. The lowest BCUT2D eigenvalue weighted by Crippen LogP contribution is -2.40. The summed E-state index contributed by atoms with van der Waals surface area (Å²) >= 11 is 1.11. The molecule has 0 spiro atoms. The number of amides is 2. The summed E-state index contributed by atoms with van der Waals surface area (Å²) in [5, 5.41) is 10.9. The van der Waals surface area contributed by atoms with Crippen LogP contribution in [0, 0.1) is 5.82 Å². The first-order valence-electron chi connectivity index (χ1n) is 9.54. The van der Waals surface area contributed by atoms with Gasteiger partial charge in [0.05, 0.1) is 17.1 Å². The second-order valence-corrected chi connectivity index (χ2v) is 7.80. The second kappa shape index (κ2) is 9.17. The van der Waals surface area contributed by atoms with Gasteiger partial charge in [-0.05, 0) is 43.3 Å². The smallest absolute Gasteiger partial charge is 0.277 e. The fraction of sp³-hybridized carbons (Fsp3) is 0.238. The molecular formula is C21H19FN4O4S. The third-order valence-corrected chi connectivity index (χ3v) is 5.37. The van der Waals surface area contributed by atoms with Crippen molar-refractivity contribution in [2.45, 2.75) is 31.2 Å². The van der Waals surface area contributed by atoms with E-state index in [4.69, 9.17) is 9.15 Å². The summed E-state index contributed by atoms with van der Waals surface area (Å²) in [6.45, 7) is 1.86. The number of hydrogen-bond donors (Lipinski definition) is 1. The largest absolute Gasteiger partial charge is 0.484 e. The molecule has 4 rings (SSSR count). The van der Waals surface area contributed by atoms with Gasteiger partial charge in [-0.2, -0.15) is 0 Å². The van der Waals surface area contributed by atoms with Crippen molar-refractivity contribution in [1.82, 2.24) is 10.2 Å². The van der Waals surface area contributed by atoms with Crippen LogP contribution in [-0.4, -0.2) is 33.8 Å². The van der Waals surface area contributed by atoms with E-state index in [-0.39, 0.29) is 53.6 Å². The molecule has 31 heavy (non-hydrogen) atoms. The number of ether oxygens (including phenoxy) is 1. The number of anilines is 2. The minimum atomic E-state index is -0.352. The highest BCUT2D eigenvalue weighted by Crippen LogP contribution is 2.32. The summed E-state index contributed by atoms with van der Waals surface area (Å²) in [6.07, 6.45) is 0.205. The van der Waals surface area contributed by atoms with E-state index in [2.05, 4.69) is 15.5 Å². The number of carbonyl (C=O) groups is 2. The number of rotatable bonds is 6. The number of hydrogen-bond acceptors (Lipinski definition) is 7. The molecule has 8 nitrogen and oxygen atoms in total. The van der Waals surface area contributed by atoms with E-state index in [1.807, 2.05) is 13.0 Å². The van der Waals surface area contributed by atoms with Crippen molar-refractivity contribution in [3.8, 4) is 5.75 Å². The summed E-state index contributed by atoms with van der Waals surface area (Å²) in [5.41, 5.74) is 1.26. The maximum Gasteiger partial charge on any atom is 0.277 e. The van der Waals surface area contributed by atoms with Gasteiger partial charge in [-0.15, -0.1) is 10.2 Å². The van der Waals surface area contributed by atoms with Gasteiger partial charge < -0.3 is 19.4 Å². The SMILES string of the molecule is C[C@@H]1CC(=O)Nc2ccccc2N1C(=O)CSc1nnc(COc2ccc(F)cc2)o1. The highest BCUT2D eigenvalue weighted by atomic mass is 32.2. The Bertz CT molecular complexity index is 1090. The van der Waals surface area contributed by atoms with E-state index < -0.39 is 0 Å². The third-order valence-electron chi connectivity index (χ3n) is 4.57. The van der Waals surface area contributed by atoms with Crippen molar-refractivity contribution in [2.24, 2.45) is 0 Å². The fourth-order valence-electron chi connectivity index (χ4n) is 3.19. The minimum Gasteiger partial charge on any atom is -0.484 e. The maximum absolute atomic E-state index is 13.0. The predicted octanol–water partition coefficient (Wildman–Crippen LogP) is 3.64. The molecule has 1 atom stereocenters. The summed E-state index contributed by atoms with van der Waals surface area (Å²) in [4.78, 5) is 26.7. The Kier molecular flexibility index (Phi) is 6.17. The van der Waals surface area contributed by atoms with E-state index in [9.17, 15) is 14.0 Å². The monoisotopic (exact) mass is 442 g/mol. The molecule has 1 N–H and O–H groups in total. The number of aromatic nitrogens is 2. The summed E-state index contributed by atoms with van der Waals surface area (Å²) in [7, 11) is 0. The number of thioether (sulfide) groups is 1. The molecule has 2 aromatic carbocycles. The topological polar surface area (TPSA) is 97.6 Å². The Labute approximate surface area is 181 Å². The zero-order chi connectivity index (χ0) is 21.8. The van der Waals surface area contributed by atoms with Crippen LogP contribution in [0.15, 0.2) is 58.2 Å². The van der Waals surface area contributed by atoms with Gasteiger partial charge in [0.15, 0.2) is 6.61 Å². The van der Waals surface area contributed by atoms with Crippen LogP contribution in [0.4, 0.5) is 15.8 Å². The van der Waals surface area contributed by atoms with Crippen molar-refractivity contribution >= 4 is 35.0 Å². The van der Waals surface area contributed by atoms with Crippen molar-refractivity contribution in [2.75, 3.05) is 16.0 Å². The number of carbonyl (C=O) groups excluding carboxylic acids is 2. The lowest BCUT2D eigenvalue weighted by Gasteiger charge is -2.27. The molecule has 0 unspecified atom stereocenters. The van der Waals surface area contributed by atoms with Gasteiger partial charge in [0.2, 0.25) is 11.8 Å². The number of halogens is 1. The van der Waals surface area contributed by atoms with Gasteiger partial charge in [0.25, 0.3) is 11.1 Å². The molecule has 0 radical (unpaired) electrons. The molecule has 1 aliphatic heterocycles. The standard InChI is InChI=1S/C21H19FN4O4S/c1-13-10-18(27)23-16-4-2-3-5-17(16)26(13)20(28)12-31-21-25-24-19(30-21)11-29-15-8-6-14(22)7-9-15/h2-9,13H,10-12H2,1H3,(H,23,27)/t13-/m1/s1. The average molecular weight is 442 g/mol. The predicted molar refractivity (Wildman–Crippen MR) is 112 cm³/mol. The number of benzene rings is 2. The normalized spacial score (nSPS) is 15.7. The van der Waals surface area contributed by atoms with E-state index in [0.717, 1.165) is 11.8 Å². The van der Waals surface area contributed by atoms with Crippen LogP contribution in [0.2, 0.25) is 0 Å². The molecule has 2 amide bonds. The van der Waals surface area contributed by atoms with E-state index in [0.29, 0.717) is 17.1 Å². The first-order valence-corrected chi connectivity index (χ1v) is 10.5. The van der Waals surface area contributed by atoms with Gasteiger partial charge in [-0.1, -0.05) is 23.9 Å². The van der Waals surface area contributed by atoms with Crippen molar-refractivity contribution in [3.05, 3.63) is 60.2 Å². The Balaban J connectivity index is 1.37. The molecule has 0 aliphatic carbocycles. The van der Waals surface area contributed by atoms with Gasteiger partial charge in [0, 0.05) is 12.5 Å². The van der Waals surface area contributed by atoms with Crippen LogP contribution >= 0.6 is 11.8 Å². The Morgan fingerprint density at radius 1 is 1.26 bits per heavy atom. The highest BCUT2D eigenvalue weighted by molar-refractivity contribution is 7.99. The molecule has 3 aromatic rings. The van der Waals surface area contributed by atoms with Crippen LogP contribution < -0.4 is 15.0 Å². The molecular weight excluding hydrogens is 423 g/mol. The Hall–Kier alpha value is -3.40. The summed E-state index contributed by atoms with van der Waals surface area (Å²) in [5.74, 6) is 0.112. The van der Waals surface area contributed by atoms with E-state index >= 15 is 0 Å². The summed E-state index contributed by atoms with van der Waals surface area (Å²) in [6, 6.07) is 12.5. The van der Waals surface area contributed by atoms with Crippen LogP contribution in [-0.2, 0) is 16.2 Å². The quantitative estimate of drug-likeness (QED) is 0.582.